The lowest BCUT2D eigenvalue weighted by atomic mass is 9.98. The molecule has 1 amide bonds. The first-order valence-electron chi connectivity index (χ1n) is 6.66. The van der Waals surface area contributed by atoms with Crippen LogP contribution in [0.4, 0.5) is 0 Å². The molecular weight excluding hydrogens is 200 g/mol. The smallest absolute Gasteiger partial charge is 0.222 e. The number of hydrogen-bond acceptors (Lipinski definition) is 2. The van der Waals surface area contributed by atoms with Gasteiger partial charge in [-0.25, -0.2) is 0 Å². The third-order valence-electron chi connectivity index (χ3n) is 3.59. The van der Waals surface area contributed by atoms with Crippen LogP contribution in [0.1, 0.15) is 52.4 Å². The predicted molar refractivity (Wildman–Crippen MR) is 67.1 cm³/mol. The van der Waals surface area contributed by atoms with E-state index in [1.54, 1.807) is 0 Å². The Labute approximate surface area is 99.4 Å². The van der Waals surface area contributed by atoms with Crippen molar-refractivity contribution >= 4 is 5.91 Å². The summed E-state index contributed by atoms with van der Waals surface area (Å²) in [6, 6.07) is 0.255. The zero-order valence-corrected chi connectivity index (χ0v) is 10.7. The van der Waals surface area contributed by atoms with Gasteiger partial charge in [-0.3, -0.25) is 4.79 Å². The number of nitrogens with two attached hydrogens (primary N) is 1. The molecule has 2 atom stereocenters. The Morgan fingerprint density at radius 1 is 1.50 bits per heavy atom. The minimum absolute atomic E-state index is 0.255. The van der Waals surface area contributed by atoms with Crippen LogP contribution in [-0.4, -0.2) is 29.9 Å². The summed E-state index contributed by atoms with van der Waals surface area (Å²) in [7, 11) is 0. The fourth-order valence-corrected chi connectivity index (χ4v) is 2.34. The van der Waals surface area contributed by atoms with Gasteiger partial charge in [-0.05, 0) is 38.5 Å². The Hall–Kier alpha value is -0.570. The van der Waals surface area contributed by atoms with Crippen LogP contribution in [-0.2, 0) is 4.79 Å². The minimum atomic E-state index is 0.255. The lowest BCUT2D eigenvalue weighted by Gasteiger charge is -2.21. The van der Waals surface area contributed by atoms with Crippen molar-refractivity contribution in [1.29, 1.82) is 0 Å². The van der Waals surface area contributed by atoms with Crippen LogP contribution < -0.4 is 5.73 Å². The molecule has 0 bridgehead atoms. The summed E-state index contributed by atoms with van der Waals surface area (Å²) >= 11 is 0. The normalized spacial score (nSPS) is 24.3. The second-order valence-corrected chi connectivity index (χ2v) is 5.10. The molecule has 0 aromatic carbocycles. The van der Waals surface area contributed by atoms with E-state index in [9.17, 15) is 4.79 Å². The van der Waals surface area contributed by atoms with Crippen LogP contribution in [0.3, 0.4) is 0 Å². The number of nitrogens with zero attached hydrogens (tertiary/aromatic N) is 1. The molecule has 1 rings (SSSR count). The van der Waals surface area contributed by atoms with E-state index in [1.165, 1.54) is 12.8 Å². The second-order valence-electron chi connectivity index (χ2n) is 5.10. The highest BCUT2D eigenvalue weighted by molar-refractivity contribution is 5.76. The fourth-order valence-electron chi connectivity index (χ4n) is 2.34. The average Bonchev–Trinajstić information content (AvgIpc) is 2.41. The highest BCUT2D eigenvalue weighted by Crippen LogP contribution is 2.21. The molecule has 2 unspecified atom stereocenters. The molecule has 16 heavy (non-hydrogen) atoms. The average molecular weight is 226 g/mol. The molecule has 1 aliphatic rings. The van der Waals surface area contributed by atoms with Crippen molar-refractivity contribution in [2.75, 3.05) is 13.1 Å². The third kappa shape index (κ3) is 4.52. The van der Waals surface area contributed by atoms with Gasteiger partial charge in [0.2, 0.25) is 5.91 Å². The lowest BCUT2D eigenvalue weighted by Crippen LogP contribution is -2.32. The number of amides is 1. The number of hydrogen-bond donors (Lipinski definition) is 1. The molecule has 3 nitrogen and oxygen atoms in total. The first kappa shape index (κ1) is 13.5. The molecule has 1 saturated heterocycles. The van der Waals surface area contributed by atoms with Gasteiger partial charge in [0.15, 0.2) is 0 Å². The van der Waals surface area contributed by atoms with E-state index in [2.05, 4.69) is 6.92 Å². The molecule has 0 saturated carbocycles. The molecule has 94 valence electrons. The monoisotopic (exact) mass is 226 g/mol. The largest absolute Gasteiger partial charge is 0.343 e. The van der Waals surface area contributed by atoms with Gasteiger partial charge in [0.25, 0.3) is 0 Å². The van der Waals surface area contributed by atoms with E-state index >= 15 is 0 Å². The van der Waals surface area contributed by atoms with Crippen molar-refractivity contribution in [2.45, 2.75) is 58.4 Å². The molecule has 0 aromatic rings. The summed E-state index contributed by atoms with van der Waals surface area (Å²) in [4.78, 5) is 13.9. The van der Waals surface area contributed by atoms with Crippen LogP contribution in [0.5, 0.6) is 0 Å². The summed E-state index contributed by atoms with van der Waals surface area (Å²) < 4.78 is 0. The third-order valence-corrected chi connectivity index (χ3v) is 3.59. The highest BCUT2D eigenvalue weighted by Gasteiger charge is 2.20. The summed E-state index contributed by atoms with van der Waals surface area (Å²) in [5.74, 6) is 1.10. The molecule has 2 N–H and O–H groups in total. The molecule has 0 radical (unpaired) electrons. The van der Waals surface area contributed by atoms with E-state index in [0.29, 0.717) is 5.91 Å². The van der Waals surface area contributed by atoms with Crippen molar-refractivity contribution < 1.29 is 4.79 Å². The van der Waals surface area contributed by atoms with E-state index < -0.39 is 0 Å². The van der Waals surface area contributed by atoms with E-state index in [4.69, 9.17) is 5.73 Å². The maximum Gasteiger partial charge on any atom is 0.222 e. The summed E-state index contributed by atoms with van der Waals surface area (Å²) in [5, 5.41) is 0. The van der Waals surface area contributed by atoms with E-state index in [-0.39, 0.29) is 6.04 Å². The molecule has 1 aliphatic heterocycles. The van der Waals surface area contributed by atoms with Crippen LogP contribution >= 0.6 is 0 Å². The number of likely N-dealkylation sites (tertiary alicyclic amines) is 1. The minimum Gasteiger partial charge on any atom is -0.343 e. The van der Waals surface area contributed by atoms with Gasteiger partial charge < -0.3 is 10.6 Å². The van der Waals surface area contributed by atoms with Gasteiger partial charge in [0, 0.05) is 25.6 Å². The molecule has 0 aromatic heterocycles. The SMILES string of the molecule is CCC1CCC(=O)N(CCCC(C)N)CC1. The number of carbonyl (C=O) groups is 1. The number of rotatable bonds is 5. The summed E-state index contributed by atoms with van der Waals surface area (Å²) in [5.41, 5.74) is 5.71. The molecular formula is C13H26N2O. The van der Waals surface area contributed by atoms with Gasteiger partial charge >= 0.3 is 0 Å². The highest BCUT2D eigenvalue weighted by atomic mass is 16.2. The van der Waals surface area contributed by atoms with Gasteiger partial charge in [0.1, 0.15) is 0 Å². The van der Waals surface area contributed by atoms with E-state index in [1.807, 2.05) is 11.8 Å². The Balaban J connectivity index is 2.32. The molecule has 1 fully saturated rings. The number of carbonyl (C=O) groups excluding carboxylic acids is 1. The molecule has 3 heteroatoms. The molecule has 0 spiro atoms. The molecule has 1 heterocycles. The topological polar surface area (TPSA) is 46.3 Å². The maximum atomic E-state index is 11.8. The van der Waals surface area contributed by atoms with Crippen molar-refractivity contribution in [3.8, 4) is 0 Å². The lowest BCUT2D eigenvalue weighted by molar-refractivity contribution is -0.130. The zero-order chi connectivity index (χ0) is 12.0. The van der Waals surface area contributed by atoms with Crippen LogP contribution in [0, 0.1) is 5.92 Å². The standard InChI is InChI=1S/C13H26N2O/c1-3-12-6-7-13(16)15(10-8-12)9-4-5-11(2)14/h11-12H,3-10,14H2,1-2H3. The van der Waals surface area contributed by atoms with Gasteiger partial charge in [0.05, 0.1) is 0 Å². The summed E-state index contributed by atoms with van der Waals surface area (Å²) in [6.45, 7) is 6.10. The Bertz CT molecular complexity index is 216. The van der Waals surface area contributed by atoms with Gasteiger partial charge in [-0.2, -0.15) is 0 Å². The van der Waals surface area contributed by atoms with Crippen molar-refractivity contribution in [3.63, 3.8) is 0 Å². The Kier molecular flexibility index (Phi) is 5.81. The maximum absolute atomic E-state index is 11.8. The second kappa shape index (κ2) is 6.89. The quantitative estimate of drug-likeness (QED) is 0.781. The van der Waals surface area contributed by atoms with Crippen molar-refractivity contribution in [3.05, 3.63) is 0 Å². The first-order chi connectivity index (χ1) is 7.63. The predicted octanol–water partition coefficient (Wildman–Crippen LogP) is 2.15. The molecule has 0 aliphatic carbocycles. The first-order valence-corrected chi connectivity index (χ1v) is 6.66. The zero-order valence-electron chi connectivity index (χ0n) is 10.7. The van der Waals surface area contributed by atoms with Crippen LogP contribution in [0.25, 0.3) is 0 Å². The van der Waals surface area contributed by atoms with Gasteiger partial charge in [-0.1, -0.05) is 13.3 Å². The Morgan fingerprint density at radius 3 is 2.88 bits per heavy atom. The Morgan fingerprint density at radius 2 is 2.25 bits per heavy atom. The van der Waals surface area contributed by atoms with Crippen LogP contribution in [0.15, 0.2) is 0 Å². The van der Waals surface area contributed by atoms with Crippen molar-refractivity contribution in [2.24, 2.45) is 11.7 Å². The fraction of sp³-hybridized carbons (Fsp3) is 0.923. The summed E-state index contributed by atoms with van der Waals surface area (Å²) in [6.07, 6.45) is 6.28. The van der Waals surface area contributed by atoms with E-state index in [0.717, 1.165) is 44.7 Å². The van der Waals surface area contributed by atoms with Crippen molar-refractivity contribution in [1.82, 2.24) is 4.90 Å². The van der Waals surface area contributed by atoms with Crippen LogP contribution in [0.2, 0.25) is 0 Å². The van der Waals surface area contributed by atoms with Gasteiger partial charge in [-0.15, -0.1) is 0 Å².